The summed E-state index contributed by atoms with van der Waals surface area (Å²) >= 11 is 22.9. The van der Waals surface area contributed by atoms with E-state index in [4.69, 9.17) is 47.0 Å². The molecule has 142 valence electrons. The highest BCUT2D eigenvalue weighted by molar-refractivity contribution is 7.80. The Morgan fingerprint density at radius 3 is 2.15 bits per heavy atom. The van der Waals surface area contributed by atoms with E-state index in [2.05, 4.69) is 16.0 Å². The van der Waals surface area contributed by atoms with Crippen LogP contribution in [0.25, 0.3) is 0 Å². The summed E-state index contributed by atoms with van der Waals surface area (Å²) in [7, 11) is 0. The van der Waals surface area contributed by atoms with Crippen LogP contribution in [0.1, 0.15) is 10.4 Å². The molecule has 0 spiro atoms. The number of rotatable bonds is 5. The molecular weight excluding hydrogens is 435 g/mol. The molecule has 0 aromatic heterocycles. The number of hydrogen-bond acceptors (Lipinski definition) is 4. The van der Waals surface area contributed by atoms with Crippen LogP contribution in [0.4, 0.5) is 11.4 Å². The van der Waals surface area contributed by atoms with Crippen molar-refractivity contribution in [2.24, 2.45) is 0 Å². The second-order valence-corrected chi connectivity index (χ2v) is 7.99. The van der Waals surface area contributed by atoms with E-state index in [0.717, 1.165) is 0 Å². The summed E-state index contributed by atoms with van der Waals surface area (Å²) in [4.78, 5) is 22.4. The minimum absolute atomic E-state index is 0.0496. The quantitative estimate of drug-likeness (QED) is 0.211. The number of hydrogen-bond donors (Lipinski definition) is 3. The van der Waals surface area contributed by atoms with Crippen molar-refractivity contribution in [3.05, 3.63) is 70.3 Å². The fraction of sp³-hybridized carbons (Fsp3) is 0.125. The number of thiocarbonyl (C=S) groups is 1. The van der Waals surface area contributed by atoms with Gasteiger partial charge in [-0.05, 0) is 36.5 Å². The van der Waals surface area contributed by atoms with Gasteiger partial charge in [-0.15, -0.1) is 0 Å². The van der Waals surface area contributed by atoms with Crippen molar-refractivity contribution < 1.29 is 9.72 Å². The molecule has 0 heterocycles. The lowest BCUT2D eigenvalue weighted by Gasteiger charge is -2.27. The van der Waals surface area contributed by atoms with Gasteiger partial charge in [0.05, 0.1) is 4.92 Å². The van der Waals surface area contributed by atoms with Crippen molar-refractivity contribution in [3.8, 4) is 0 Å². The number of nitrogens with zero attached hydrogens (tertiary/aromatic N) is 1. The number of amides is 1. The summed E-state index contributed by atoms with van der Waals surface area (Å²) in [5.41, 5.74) is 0.803. The summed E-state index contributed by atoms with van der Waals surface area (Å²) in [6.07, 6.45) is -1.13. The van der Waals surface area contributed by atoms with E-state index < -0.39 is 20.8 Å². The molecule has 1 unspecified atom stereocenters. The first-order valence-corrected chi connectivity index (χ1v) is 8.95. The molecule has 3 N–H and O–H groups in total. The van der Waals surface area contributed by atoms with Crippen LogP contribution in [0.5, 0.6) is 0 Å². The van der Waals surface area contributed by atoms with Gasteiger partial charge in [-0.3, -0.25) is 14.9 Å². The Labute approximate surface area is 175 Å². The van der Waals surface area contributed by atoms with E-state index >= 15 is 0 Å². The maximum Gasteiger partial charge on any atom is 0.269 e. The van der Waals surface area contributed by atoms with Gasteiger partial charge in [-0.2, -0.15) is 0 Å². The number of anilines is 1. The minimum atomic E-state index is -1.90. The number of nitro groups is 1. The van der Waals surface area contributed by atoms with E-state index in [0.29, 0.717) is 11.3 Å². The van der Waals surface area contributed by atoms with E-state index in [1.165, 1.54) is 24.3 Å². The van der Waals surface area contributed by atoms with Crippen molar-refractivity contribution >= 4 is 69.4 Å². The van der Waals surface area contributed by atoms with Gasteiger partial charge in [0, 0.05) is 23.4 Å². The van der Waals surface area contributed by atoms with Gasteiger partial charge in [0.25, 0.3) is 11.6 Å². The highest BCUT2D eigenvalue weighted by Gasteiger charge is 2.34. The Bertz CT molecular complexity index is 829. The van der Waals surface area contributed by atoms with Gasteiger partial charge >= 0.3 is 0 Å². The van der Waals surface area contributed by atoms with Crippen LogP contribution in [-0.2, 0) is 0 Å². The van der Waals surface area contributed by atoms with E-state index in [9.17, 15) is 14.9 Å². The lowest BCUT2D eigenvalue weighted by Crippen LogP contribution is -2.56. The third kappa shape index (κ3) is 6.51. The third-order valence-electron chi connectivity index (χ3n) is 3.25. The number of nitrogens with one attached hydrogen (secondary N) is 3. The number of non-ortho nitro benzene ring substituents is 1. The SMILES string of the molecule is O=C(NC(NC(=S)Nc1ccc([N+](=O)[O-])cc1)C(Cl)(Cl)Cl)c1ccccc1. The van der Waals surface area contributed by atoms with Gasteiger partial charge in [0.2, 0.25) is 3.79 Å². The monoisotopic (exact) mass is 446 g/mol. The average Bonchev–Trinajstić information content (AvgIpc) is 2.61. The molecule has 7 nitrogen and oxygen atoms in total. The minimum Gasteiger partial charge on any atom is -0.339 e. The van der Waals surface area contributed by atoms with Crippen LogP contribution in [0, 0.1) is 10.1 Å². The molecular formula is C16H13Cl3N4O3S. The van der Waals surface area contributed by atoms with Crippen molar-refractivity contribution in [3.63, 3.8) is 0 Å². The maximum absolute atomic E-state index is 12.3. The van der Waals surface area contributed by atoms with Crippen LogP contribution >= 0.6 is 47.0 Å². The van der Waals surface area contributed by atoms with E-state index in [1.807, 2.05) is 0 Å². The zero-order valence-electron chi connectivity index (χ0n) is 13.5. The summed E-state index contributed by atoms with van der Waals surface area (Å²) < 4.78 is -1.90. The molecule has 2 aromatic carbocycles. The first-order chi connectivity index (χ1) is 12.7. The molecule has 0 fully saturated rings. The number of carbonyl (C=O) groups is 1. The van der Waals surface area contributed by atoms with Gasteiger partial charge in [-0.1, -0.05) is 53.0 Å². The zero-order chi connectivity index (χ0) is 20.0. The van der Waals surface area contributed by atoms with Crippen LogP contribution in [0.2, 0.25) is 0 Å². The summed E-state index contributed by atoms with van der Waals surface area (Å²) in [5, 5.41) is 18.8. The lowest BCUT2D eigenvalue weighted by molar-refractivity contribution is -0.384. The van der Waals surface area contributed by atoms with Gasteiger partial charge in [-0.25, -0.2) is 0 Å². The number of halogens is 3. The zero-order valence-corrected chi connectivity index (χ0v) is 16.6. The molecule has 0 aliphatic rings. The summed E-state index contributed by atoms with van der Waals surface area (Å²) in [6.45, 7) is 0. The largest absolute Gasteiger partial charge is 0.339 e. The number of carbonyl (C=O) groups excluding carboxylic acids is 1. The van der Waals surface area contributed by atoms with Crippen LogP contribution in [-0.4, -0.2) is 25.9 Å². The molecule has 2 aromatic rings. The fourth-order valence-electron chi connectivity index (χ4n) is 1.97. The molecule has 2 rings (SSSR count). The van der Waals surface area contributed by atoms with Gasteiger partial charge in [0.15, 0.2) is 5.11 Å². The number of alkyl halides is 3. The Kier molecular flexibility index (Phi) is 7.20. The number of benzene rings is 2. The van der Waals surface area contributed by atoms with Crippen LogP contribution in [0.3, 0.4) is 0 Å². The van der Waals surface area contributed by atoms with Crippen molar-refractivity contribution in [1.29, 1.82) is 0 Å². The molecule has 0 radical (unpaired) electrons. The molecule has 0 saturated heterocycles. The van der Waals surface area contributed by atoms with E-state index in [1.54, 1.807) is 30.3 Å². The average molecular weight is 448 g/mol. The smallest absolute Gasteiger partial charge is 0.269 e. The normalized spacial score (nSPS) is 12.0. The first-order valence-electron chi connectivity index (χ1n) is 7.41. The van der Waals surface area contributed by atoms with Crippen molar-refractivity contribution in [2.45, 2.75) is 9.96 Å². The molecule has 27 heavy (non-hydrogen) atoms. The fourth-order valence-corrected chi connectivity index (χ4v) is 2.53. The third-order valence-corrected chi connectivity index (χ3v) is 4.12. The molecule has 0 saturated carbocycles. The predicted molar refractivity (Wildman–Crippen MR) is 110 cm³/mol. The van der Waals surface area contributed by atoms with Crippen LogP contribution < -0.4 is 16.0 Å². The van der Waals surface area contributed by atoms with Crippen LogP contribution in [0.15, 0.2) is 54.6 Å². The van der Waals surface area contributed by atoms with Gasteiger partial charge in [0.1, 0.15) is 6.17 Å². The molecule has 1 atom stereocenters. The Hall–Kier alpha value is -2.13. The molecule has 0 bridgehead atoms. The molecule has 0 aliphatic heterocycles. The molecule has 11 heteroatoms. The highest BCUT2D eigenvalue weighted by Crippen LogP contribution is 2.29. The predicted octanol–water partition coefficient (Wildman–Crippen LogP) is 4.01. The first kappa shape index (κ1) is 21.2. The molecule has 1 amide bonds. The van der Waals surface area contributed by atoms with Crippen molar-refractivity contribution in [2.75, 3.05) is 5.32 Å². The Morgan fingerprint density at radius 2 is 1.63 bits per heavy atom. The lowest BCUT2D eigenvalue weighted by atomic mass is 10.2. The summed E-state index contributed by atoms with van der Waals surface area (Å²) in [5.74, 6) is -0.461. The second-order valence-electron chi connectivity index (χ2n) is 5.22. The second kappa shape index (κ2) is 9.18. The van der Waals surface area contributed by atoms with Crippen molar-refractivity contribution in [1.82, 2.24) is 10.6 Å². The number of nitro benzene ring substituents is 1. The molecule has 0 aliphatic carbocycles. The standard InChI is InChI=1S/C16H13Cl3N4O3S/c17-16(18,19)14(21-13(24)10-4-2-1-3-5-10)22-15(27)20-11-6-8-12(9-7-11)23(25)26/h1-9,14H,(H,21,24)(H2,20,22,27). The summed E-state index contributed by atoms with van der Waals surface area (Å²) in [6, 6.07) is 14.0. The Balaban J connectivity index is 2.03. The Morgan fingerprint density at radius 1 is 1.04 bits per heavy atom. The van der Waals surface area contributed by atoms with Gasteiger partial charge < -0.3 is 16.0 Å². The maximum atomic E-state index is 12.3. The topological polar surface area (TPSA) is 96.3 Å². The van der Waals surface area contributed by atoms with E-state index in [-0.39, 0.29) is 10.8 Å². The highest BCUT2D eigenvalue weighted by atomic mass is 35.6.